The van der Waals surface area contributed by atoms with E-state index in [0.29, 0.717) is 4.77 Å². The van der Waals surface area contributed by atoms with Crippen molar-refractivity contribution in [2.75, 3.05) is 5.75 Å². The molecular weight excluding hydrogens is 260 g/mol. The summed E-state index contributed by atoms with van der Waals surface area (Å²) in [5.41, 5.74) is 1.29. The lowest BCUT2D eigenvalue weighted by Gasteiger charge is -2.09. The highest BCUT2D eigenvalue weighted by Crippen LogP contribution is 2.35. The molecule has 0 fully saturated rings. The molecule has 3 heterocycles. The number of nitrogens with one attached hydrogen (secondary N) is 1. The molecule has 1 aliphatic rings. The van der Waals surface area contributed by atoms with Crippen LogP contribution in [0.1, 0.15) is 10.4 Å². The Morgan fingerprint density at radius 2 is 2.31 bits per heavy atom. The molecule has 1 aliphatic heterocycles. The first-order valence-corrected chi connectivity index (χ1v) is 7.37. The molecule has 0 spiro atoms. The maximum atomic E-state index is 12.2. The molecule has 2 aromatic rings. The summed E-state index contributed by atoms with van der Waals surface area (Å²) in [6.07, 6.45) is 1.000. The van der Waals surface area contributed by atoms with Gasteiger partial charge in [-0.05, 0) is 30.0 Å². The van der Waals surface area contributed by atoms with Crippen LogP contribution in [0, 0.1) is 4.77 Å². The minimum absolute atomic E-state index is 0.0446. The Morgan fingerprint density at radius 1 is 1.50 bits per heavy atom. The van der Waals surface area contributed by atoms with Crippen LogP contribution in [0.5, 0.6) is 0 Å². The van der Waals surface area contributed by atoms with Gasteiger partial charge in [-0.2, -0.15) is 11.8 Å². The van der Waals surface area contributed by atoms with E-state index < -0.39 is 0 Å². The summed E-state index contributed by atoms with van der Waals surface area (Å²) in [5.74, 6) is 2.13. The largest absolute Gasteiger partial charge is 0.323 e. The first kappa shape index (κ1) is 10.6. The number of aryl methyl sites for hydroxylation is 1. The average Bonchev–Trinajstić information content (AvgIpc) is 2.64. The average molecular weight is 270 g/mol. The maximum absolute atomic E-state index is 12.2. The molecule has 3 rings (SSSR count). The topological polar surface area (TPSA) is 37.8 Å². The van der Waals surface area contributed by atoms with Gasteiger partial charge in [0.2, 0.25) is 0 Å². The summed E-state index contributed by atoms with van der Waals surface area (Å²) in [5, 5.41) is 0.858. The fourth-order valence-electron chi connectivity index (χ4n) is 1.99. The van der Waals surface area contributed by atoms with Crippen molar-refractivity contribution in [3.8, 4) is 0 Å². The van der Waals surface area contributed by atoms with Gasteiger partial charge in [0.25, 0.3) is 5.56 Å². The zero-order valence-corrected chi connectivity index (χ0v) is 11.2. The third-order valence-corrected chi connectivity index (χ3v) is 5.56. The van der Waals surface area contributed by atoms with Crippen LogP contribution >= 0.6 is 35.3 Å². The number of aromatic nitrogens is 2. The zero-order chi connectivity index (χ0) is 11.3. The van der Waals surface area contributed by atoms with Crippen LogP contribution in [-0.4, -0.2) is 15.3 Å². The number of fused-ring (bicyclic) bond motifs is 3. The summed E-state index contributed by atoms with van der Waals surface area (Å²) in [7, 11) is 1.72. The molecule has 0 atom stereocenters. The Morgan fingerprint density at radius 3 is 3.12 bits per heavy atom. The number of hydrogen-bond donors (Lipinski definition) is 1. The second-order valence-corrected chi connectivity index (χ2v) is 6.40. The van der Waals surface area contributed by atoms with Gasteiger partial charge in [-0.1, -0.05) is 0 Å². The molecule has 0 unspecified atom stereocenters. The van der Waals surface area contributed by atoms with E-state index in [9.17, 15) is 4.79 Å². The van der Waals surface area contributed by atoms with E-state index in [1.54, 1.807) is 18.4 Å². The van der Waals surface area contributed by atoms with E-state index in [4.69, 9.17) is 12.2 Å². The quantitative estimate of drug-likeness (QED) is 0.747. The molecule has 0 aliphatic carbocycles. The predicted octanol–water partition coefficient (Wildman–Crippen LogP) is 2.45. The minimum Gasteiger partial charge on any atom is -0.323 e. The first-order chi connectivity index (χ1) is 7.68. The summed E-state index contributed by atoms with van der Waals surface area (Å²) in [6.45, 7) is 0. The Bertz CT molecular complexity index is 680. The lowest BCUT2D eigenvalue weighted by Crippen LogP contribution is -2.19. The van der Waals surface area contributed by atoms with Gasteiger partial charge in [0.1, 0.15) is 4.83 Å². The highest BCUT2D eigenvalue weighted by molar-refractivity contribution is 7.98. The SMILES string of the molecule is Cn1c(=S)[nH]c2sc3c(c2c1=O)CCSC3. The highest BCUT2D eigenvalue weighted by Gasteiger charge is 2.19. The lowest BCUT2D eigenvalue weighted by molar-refractivity contribution is 0.824. The number of rotatable bonds is 0. The third-order valence-electron chi connectivity index (χ3n) is 2.86. The highest BCUT2D eigenvalue weighted by atomic mass is 32.2. The molecule has 16 heavy (non-hydrogen) atoms. The monoisotopic (exact) mass is 270 g/mol. The second kappa shape index (κ2) is 3.72. The standard InChI is InChI=1S/C10H10N2OS3/c1-12-9(13)7-5-2-3-15-4-6(5)16-8(7)11-10(12)14/h2-4H2,1H3,(H,11,14). The summed E-state index contributed by atoms with van der Waals surface area (Å²) in [4.78, 5) is 17.6. The van der Waals surface area contributed by atoms with Gasteiger partial charge >= 0.3 is 0 Å². The van der Waals surface area contributed by atoms with Gasteiger partial charge in [-0.15, -0.1) is 11.3 Å². The second-order valence-electron chi connectivity index (χ2n) is 3.80. The normalized spacial score (nSPS) is 15.3. The molecular formula is C10H10N2OS3. The summed E-state index contributed by atoms with van der Waals surface area (Å²) >= 11 is 8.73. The van der Waals surface area contributed by atoms with Gasteiger partial charge in [-0.25, -0.2) is 0 Å². The van der Waals surface area contributed by atoms with Crippen molar-refractivity contribution in [2.45, 2.75) is 12.2 Å². The molecule has 0 bridgehead atoms. The smallest absolute Gasteiger partial charge is 0.263 e. The van der Waals surface area contributed by atoms with Crippen molar-refractivity contribution in [2.24, 2.45) is 7.05 Å². The van der Waals surface area contributed by atoms with Crippen LogP contribution in [0.3, 0.4) is 0 Å². The van der Waals surface area contributed by atoms with Crippen LogP contribution in [0.4, 0.5) is 0 Å². The Balaban J connectivity index is 2.50. The van der Waals surface area contributed by atoms with Crippen molar-refractivity contribution in [3.05, 3.63) is 25.6 Å². The molecule has 0 saturated heterocycles. The predicted molar refractivity (Wildman–Crippen MR) is 72.1 cm³/mol. The fourth-order valence-corrected chi connectivity index (χ4v) is 4.61. The zero-order valence-electron chi connectivity index (χ0n) is 8.70. The number of aromatic amines is 1. The summed E-state index contributed by atoms with van der Waals surface area (Å²) in [6, 6.07) is 0. The lowest BCUT2D eigenvalue weighted by atomic mass is 10.1. The maximum Gasteiger partial charge on any atom is 0.263 e. The number of thioether (sulfide) groups is 1. The molecule has 6 heteroatoms. The van der Waals surface area contributed by atoms with Crippen LogP contribution in [0.15, 0.2) is 4.79 Å². The van der Waals surface area contributed by atoms with Crippen LogP contribution in [0.25, 0.3) is 10.2 Å². The summed E-state index contributed by atoms with van der Waals surface area (Å²) < 4.78 is 2.02. The third kappa shape index (κ3) is 1.40. The minimum atomic E-state index is 0.0446. The molecule has 0 radical (unpaired) electrons. The molecule has 84 valence electrons. The van der Waals surface area contributed by atoms with E-state index in [1.807, 2.05) is 11.8 Å². The molecule has 0 saturated carbocycles. The van der Waals surface area contributed by atoms with Gasteiger partial charge in [0.05, 0.1) is 5.39 Å². The molecule has 3 nitrogen and oxygen atoms in total. The molecule has 0 aromatic carbocycles. The Labute approximate surface area is 106 Å². The van der Waals surface area contributed by atoms with Crippen LogP contribution in [0.2, 0.25) is 0 Å². The number of hydrogen-bond acceptors (Lipinski definition) is 4. The molecule has 1 N–H and O–H groups in total. The van der Waals surface area contributed by atoms with E-state index in [1.165, 1.54) is 15.0 Å². The van der Waals surface area contributed by atoms with E-state index >= 15 is 0 Å². The van der Waals surface area contributed by atoms with Gasteiger partial charge in [-0.3, -0.25) is 9.36 Å². The number of nitrogens with zero attached hydrogens (tertiary/aromatic N) is 1. The van der Waals surface area contributed by atoms with Crippen molar-refractivity contribution in [1.82, 2.24) is 9.55 Å². The Hall–Kier alpha value is -0.590. The fraction of sp³-hybridized carbons (Fsp3) is 0.400. The van der Waals surface area contributed by atoms with Crippen molar-refractivity contribution >= 4 is 45.5 Å². The van der Waals surface area contributed by atoms with E-state index in [-0.39, 0.29) is 5.56 Å². The molecule has 0 amide bonds. The number of thiophene rings is 1. The van der Waals surface area contributed by atoms with E-state index in [2.05, 4.69) is 4.98 Å². The van der Waals surface area contributed by atoms with Gasteiger partial charge < -0.3 is 4.98 Å². The Kier molecular flexibility index (Phi) is 2.45. The van der Waals surface area contributed by atoms with Crippen LogP contribution in [-0.2, 0) is 19.2 Å². The van der Waals surface area contributed by atoms with E-state index in [0.717, 1.165) is 28.1 Å². The van der Waals surface area contributed by atoms with Crippen molar-refractivity contribution in [3.63, 3.8) is 0 Å². The van der Waals surface area contributed by atoms with Crippen molar-refractivity contribution in [1.29, 1.82) is 0 Å². The number of H-pyrrole nitrogens is 1. The van der Waals surface area contributed by atoms with Gasteiger partial charge in [0, 0.05) is 17.7 Å². The first-order valence-electron chi connectivity index (χ1n) is 5.00. The van der Waals surface area contributed by atoms with Crippen LogP contribution < -0.4 is 5.56 Å². The molecule has 2 aromatic heterocycles. The van der Waals surface area contributed by atoms with Gasteiger partial charge in [0.15, 0.2) is 4.77 Å². The van der Waals surface area contributed by atoms with Crippen molar-refractivity contribution < 1.29 is 0 Å².